The Bertz CT molecular complexity index is 961. The fraction of sp³-hybridized carbons (Fsp3) is 0.350. The summed E-state index contributed by atoms with van der Waals surface area (Å²) < 4.78 is 12.4. The number of ether oxygens (including phenoxy) is 1. The van der Waals surface area contributed by atoms with Gasteiger partial charge in [0.1, 0.15) is 5.75 Å². The zero-order valence-corrected chi connectivity index (χ0v) is 15.4. The minimum atomic E-state index is -0.307. The van der Waals surface area contributed by atoms with E-state index in [-0.39, 0.29) is 11.8 Å². The Hall–Kier alpha value is -2.24. The summed E-state index contributed by atoms with van der Waals surface area (Å²) in [5.41, 5.74) is 2.60. The summed E-state index contributed by atoms with van der Waals surface area (Å²) in [5.74, 6) is 0.553. The summed E-state index contributed by atoms with van der Waals surface area (Å²) in [6.07, 6.45) is 2.00. The Morgan fingerprint density at radius 2 is 2.04 bits per heavy atom. The Morgan fingerprint density at radius 1 is 1.23 bits per heavy atom. The van der Waals surface area contributed by atoms with Crippen LogP contribution in [0.2, 0.25) is 5.02 Å². The molecule has 0 spiro atoms. The van der Waals surface area contributed by atoms with Gasteiger partial charge in [-0.05, 0) is 55.3 Å². The predicted molar refractivity (Wildman–Crippen MR) is 102 cm³/mol. The molecule has 136 valence electrons. The van der Waals surface area contributed by atoms with Crippen molar-refractivity contribution < 1.29 is 9.15 Å². The van der Waals surface area contributed by atoms with Crippen LogP contribution in [0.15, 0.2) is 51.7 Å². The number of oxazole rings is 1. The highest BCUT2D eigenvalue weighted by atomic mass is 35.5. The van der Waals surface area contributed by atoms with Gasteiger partial charge in [-0.25, -0.2) is 4.79 Å². The van der Waals surface area contributed by atoms with Crippen LogP contribution >= 0.6 is 11.6 Å². The third-order valence-corrected chi connectivity index (χ3v) is 5.22. The van der Waals surface area contributed by atoms with E-state index in [0.717, 1.165) is 43.7 Å². The summed E-state index contributed by atoms with van der Waals surface area (Å²) in [5, 5.41) is 0.609. The van der Waals surface area contributed by atoms with Crippen LogP contribution in [0.5, 0.6) is 5.75 Å². The molecule has 0 radical (unpaired) electrons. The van der Waals surface area contributed by atoms with Crippen LogP contribution < -0.4 is 10.5 Å². The molecule has 0 amide bonds. The third kappa shape index (κ3) is 3.37. The van der Waals surface area contributed by atoms with E-state index in [1.54, 1.807) is 23.8 Å². The molecule has 0 N–H and O–H groups in total. The number of methoxy groups -OCH3 is 1. The number of hydrogen-bond donors (Lipinski definition) is 0. The van der Waals surface area contributed by atoms with Gasteiger partial charge in [0.05, 0.1) is 18.7 Å². The van der Waals surface area contributed by atoms with E-state index in [0.29, 0.717) is 10.6 Å². The SMILES string of the molecule is COc1ccc(CN2CCCC(n3c(=O)oc4ccc(Cl)cc43)C2)cc1. The molecule has 2 heterocycles. The third-order valence-electron chi connectivity index (χ3n) is 4.99. The molecule has 1 aromatic heterocycles. The molecule has 0 saturated carbocycles. The molecular formula is C20H21ClN2O3. The highest BCUT2D eigenvalue weighted by Gasteiger charge is 2.25. The van der Waals surface area contributed by atoms with Gasteiger partial charge in [-0.3, -0.25) is 9.47 Å². The Balaban J connectivity index is 1.56. The van der Waals surface area contributed by atoms with Gasteiger partial charge in [-0.2, -0.15) is 0 Å². The van der Waals surface area contributed by atoms with Crippen LogP contribution in [0.3, 0.4) is 0 Å². The summed E-state index contributed by atoms with van der Waals surface area (Å²) >= 11 is 6.12. The maximum atomic E-state index is 12.4. The smallest absolute Gasteiger partial charge is 0.420 e. The van der Waals surface area contributed by atoms with Crippen LogP contribution in [-0.4, -0.2) is 29.7 Å². The molecule has 6 heteroatoms. The first-order valence-electron chi connectivity index (χ1n) is 8.80. The lowest BCUT2D eigenvalue weighted by Gasteiger charge is -2.33. The molecule has 1 atom stereocenters. The Kier molecular flexibility index (Phi) is 4.74. The lowest BCUT2D eigenvalue weighted by Crippen LogP contribution is -2.38. The number of nitrogens with zero attached hydrogens (tertiary/aromatic N) is 2. The molecule has 2 aromatic carbocycles. The van der Waals surface area contributed by atoms with Crippen molar-refractivity contribution in [2.45, 2.75) is 25.4 Å². The molecule has 0 bridgehead atoms. The van der Waals surface area contributed by atoms with Crippen LogP contribution in [-0.2, 0) is 6.54 Å². The fourth-order valence-corrected chi connectivity index (χ4v) is 3.89. The molecule has 3 aromatic rings. The van der Waals surface area contributed by atoms with Crippen molar-refractivity contribution in [3.05, 3.63) is 63.6 Å². The number of fused-ring (bicyclic) bond motifs is 1. The number of aromatic nitrogens is 1. The van der Waals surface area contributed by atoms with E-state index in [2.05, 4.69) is 17.0 Å². The van der Waals surface area contributed by atoms with Gasteiger partial charge in [0.25, 0.3) is 0 Å². The van der Waals surface area contributed by atoms with Crippen LogP contribution in [0.4, 0.5) is 0 Å². The molecule has 0 aliphatic carbocycles. The molecule has 1 aliphatic rings. The molecule has 4 rings (SSSR count). The average molecular weight is 373 g/mol. The van der Waals surface area contributed by atoms with Crippen molar-refractivity contribution in [2.75, 3.05) is 20.2 Å². The summed E-state index contributed by atoms with van der Waals surface area (Å²) in [6.45, 7) is 2.69. The van der Waals surface area contributed by atoms with Crippen LogP contribution in [0.25, 0.3) is 11.1 Å². The highest BCUT2D eigenvalue weighted by molar-refractivity contribution is 6.31. The number of hydrogen-bond acceptors (Lipinski definition) is 4. The van der Waals surface area contributed by atoms with Gasteiger partial charge in [0, 0.05) is 18.1 Å². The lowest BCUT2D eigenvalue weighted by molar-refractivity contribution is 0.168. The van der Waals surface area contributed by atoms with Gasteiger partial charge in [-0.1, -0.05) is 23.7 Å². The van der Waals surface area contributed by atoms with Gasteiger partial charge >= 0.3 is 5.76 Å². The van der Waals surface area contributed by atoms with Crippen molar-refractivity contribution in [2.24, 2.45) is 0 Å². The molecule has 26 heavy (non-hydrogen) atoms. The fourth-order valence-electron chi connectivity index (χ4n) is 3.73. The molecule has 1 unspecified atom stereocenters. The first-order chi connectivity index (χ1) is 12.6. The zero-order valence-electron chi connectivity index (χ0n) is 14.7. The lowest BCUT2D eigenvalue weighted by atomic mass is 10.0. The topological polar surface area (TPSA) is 47.6 Å². The Labute approximate surface area is 156 Å². The normalized spacial score (nSPS) is 18.3. The van der Waals surface area contributed by atoms with Gasteiger partial charge < -0.3 is 9.15 Å². The highest BCUT2D eigenvalue weighted by Crippen LogP contribution is 2.27. The quantitative estimate of drug-likeness (QED) is 0.692. The van der Waals surface area contributed by atoms with Crippen molar-refractivity contribution in [1.29, 1.82) is 0 Å². The number of piperidine rings is 1. The van der Waals surface area contributed by atoms with E-state index < -0.39 is 0 Å². The first kappa shape index (κ1) is 17.2. The first-order valence-corrected chi connectivity index (χ1v) is 9.18. The van der Waals surface area contributed by atoms with E-state index in [4.69, 9.17) is 20.8 Å². The minimum absolute atomic E-state index is 0.0919. The van der Waals surface area contributed by atoms with E-state index in [1.807, 2.05) is 18.2 Å². The number of benzene rings is 2. The van der Waals surface area contributed by atoms with Gasteiger partial charge in [-0.15, -0.1) is 0 Å². The van der Waals surface area contributed by atoms with Crippen molar-refractivity contribution in [3.63, 3.8) is 0 Å². The van der Waals surface area contributed by atoms with Crippen LogP contribution in [0.1, 0.15) is 24.4 Å². The number of rotatable bonds is 4. The second-order valence-electron chi connectivity index (χ2n) is 6.73. The summed E-state index contributed by atoms with van der Waals surface area (Å²) in [4.78, 5) is 14.8. The zero-order chi connectivity index (χ0) is 18.1. The van der Waals surface area contributed by atoms with Gasteiger partial charge in [0.15, 0.2) is 5.58 Å². The monoisotopic (exact) mass is 372 g/mol. The Morgan fingerprint density at radius 3 is 2.81 bits per heavy atom. The summed E-state index contributed by atoms with van der Waals surface area (Å²) in [7, 11) is 1.67. The van der Waals surface area contributed by atoms with Gasteiger partial charge in [0.2, 0.25) is 0 Å². The second-order valence-corrected chi connectivity index (χ2v) is 7.17. The molecule has 1 aliphatic heterocycles. The molecule has 1 fully saturated rings. The molecule has 1 saturated heterocycles. The van der Waals surface area contributed by atoms with Crippen molar-refractivity contribution >= 4 is 22.7 Å². The predicted octanol–water partition coefficient (Wildman–Crippen LogP) is 4.09. The van der Waals surface area contributed by atoms with E-state index >= 15 is 0 Å². The molecule has 5 nitrogen and oxygen atoms in total. The molecular weight excluding hydrogens is 352 g/mol. The standard InChI is InChI=1S/C20H21ClN2O3/c1-25-17-7-4-14(5-8-17)12-22-10-2-3-16(13-22)23-18-11-15(21)6-9-19(18)26-20(23)24/h4-9,11,16H,2-3,10,12-13H2,1H3. The van der Waals surface area contributed by atoms with E-state index in [9.17, 15) is 4.79 Å². The van der Waals surface area contributed by atoms with Crippen molar-refractivity contribution in [3.8, 4) is 5.75 Å². The minimum Gasteiger partial charge on any atom is -0.497 e. The second kappa shape index (κ2) is 7.17. The average Bonchev–Trinajstić information content (AvgIpc) is 2.97. The maximum absolute atomic E-state index is 12.4. The van der Waals surface area contributed by atoms with Crippen molar-refractivity contribution in [1.82, 2.24) is 9.47 Å². The number of likely N-dealkylation sites (tertiary alicyclic amines) is 1. The van der Waals surface area contributed by atoms with E-state index in [1.165, 1.54) is 5.56 Å². The maximum Gasteiger partial charge on any atom is 0.420 e. The summed E-state index contributed by atoms with van der Waals surface area (Å²) in [6, 6.07) is 13.5. The largest absolute Gasteiger partial charge is 0.497 e. The van der Waals surface area contributed by atoms with Crippen LogP contribution in [0, 0.1) is 0 Å². The number of halogens is 1.